The van der Waals surface area contributed by atoms with E-state index in [0.29, 0.717) is 0 Å². The second kappa shape index (κ2) is 9.24. The van der Waals surface area contributed by atoms with Crippen LogP contribution < -0.4 is 21.2 Å². The van der Waals surface area contributed by atoms with E-state index in [1.165, 1.54) is 24.8 Å². The average Bonchev–Trinajstić information content (AvgIpc) is 2.72. The number of hydrogen-bond acceptors (Lipinski definition) is 0. The molecule has 134 valence electrons. The molecule has 0 aliphatic heterocycles. The van der Waals surface area contributed by atoms with Crippen LogP contribution in [0.1, 0.15) is 0 Å². The zero-order valence-electron chi connectivity index (χ0n) is 14.6. The van der Waals surface area contributed by atoms with Gasteiger partial charge in [-0.25, -0.2) is 0 Å². The summed E-state index contributed by atoms with van der Waals surface area (Å²) >= 11 is 2.38. The molecule has 0 nitrogen and oxygen atoms in total. The van der Waals surface area contributed by atoms with Gasteiger partial charge in [-0.15, -0.1) is 0 Å². The van der Waals surface area contributed by atoms with Crippen LogP contribution in [-0.4, -0.2) is 0 Å². The van der Waals surface area contributed by atoms with Crippen LogP contribution in [0.2, 0.25) is 0 Å². The van der Waals surface area contributed by atoms with Gasteiger partial charge in [-0.2, -0.15) is 0 Å². The summed E-state index contributed by atoms with van der Waals surface area (Å²) in [5.41, 5.74) is 0. The molecule has 0 atom stereocenters. The van der Waals surface area contributed by atoms with E-state index >= 15 is 0 Å². The Hall–Kier alpha value is -1.34. The van der Waals surface area contributed by atoms with Crippen molar-refractivity contribution in [2.75, 3.05) is 0 Å². The van der Waals surface area contributed by atoms with Crippen LogP contribution >= 0.6 is 29.9 Å². The number of rotatable bonds is 4. The van der Waals surface area contributed by atoms with Crippen molar-refractivity contribution in [2.24, 2.45) is 0 Å². The normalized spacial score (nSPS) is 10.9. The molecule has 0 radical (unpaired) electrons. The topological polar surface area (TPSA) is 0 Å². The Labute approximate surface area is 188 Å². The van der Waals surface area contributed by atoms with Crippen LogP contribution in [0.4, 0.5) is 0 Å². The second-order valence-electron chi connectivity index (χ2n) is 6.15. The van der Waals surface area contributed by atoms with E-state index in [1.54, 1.807) is 0 Å². The summed E-state index contributed by atoms with van der Waals surface area (Å²) in [5.74, 6) is 0. The van der Waals surface area contributed by atoms with Crippen LogP contribution in [-0.2, 0) is 19.5 Å². The first-order valence-corrected chi connectivity index (χ1v) is 11.5. The van der Waals surface area contributed by atoms with Crippen molar-refractivity contribution in [3.05, 3.63) is 119 Å². The summed E-state index contributed by atoms with van der Waals surface area (Å²) in [7, 11) is -1.93. The maximum atomic E-state index is 2.38. The Bertz CT molecular complexity index is 874. The minimum atomic E-state index is -1.93. The summed E-state index contributed by atoms with van der Waals surface area (Å²) in [6.45, 7) is 0. The number of benzene rings is 4. The van der Waals surface area contributed by atoms with Crippen molar-refractivity contribution >= 4 is 51.1 Å². The molecule has 0 saturated carbocycles. The largest absolute Gasteiger partial charge is 0.144 e. The Morgan fingerprint density at radius 2 is 0.704 bits per heavy atom. The molecule has 0 aliphatic rings. The monoisotopic (exact) mass is 567 g/mol. The van der Waals surface area contributed by atoms with Crippen molar-refractivity contribution in [1.29, 1.82) is 0 Å². The average molecular weight is 566 g/mol. The number of halogens is 1. The summed E-state index contributed by atoms with van der Waals surface area (Å²) < 4.78 is 1.26. The molecule has 3 heteroatoms. The first-order valence-electron chi connectivity index (χ1n) is 8.64. The molecule has 0 saturated heterocycles. The van der Waals surface area contributed by atoms with Crippen molar-refractivity contribution in [1.82, 2.24) is 0 Å². The van der Waals surface area contributed by atoms with Gasteiger partial charge in [0.15, 0.2) is 0 Å². The van der Waals surface area contributed by atoms with Crippen LogP contribution in [0.3, 0.4) is 0 Å². The van der Waals surface area contributed by atoms with Crippen LogP contribution in [0.5, 0.6) is 0 Å². The predicted octanol–water partition coefficient (Wildman–Crippen LogP) is 4.91. The summed E-state index contributed by atoms with van der Waals surface area (Å²) in [4.78, 5) is 0. The Morgan fingerprint density at radius 1 is 0.407 bits per heavy atom. The third kappa shape index (κ3) is 3.95. The third-order valence-electron chi connectivity index (χ3n) is 4.64. The molecule has 27 heavy (non-hydrogen) atoms. The summed E-state index contributed by atoms with van der Waals surface area (Å²) in [6.07, 6.45) is 0. The first kappa shape index (κ1) is 20.4. The van der Waals surface area contributed by atoms with Gasteiger partial charge in [-0.3, -0.25) is 0 Å². The maximum Gasteiger partial charge on any atom is 0.144 e. The fraction of sp³-hybridized carbons (Fsp3) is 0. The molecule has 0 aliphatic carbocycles. The molecule has 0 amide bonds. The van der Waals surface area contributed by atoms with Gasteiger partial charge < -0.3 is 0 Å². The molecule has 4 aromatic rings. The standard InChI is InChI=1S/C24H19IP.Ru/c25-20-16-18-24(19-17-20)26(21-10-4-1-5-11-21,22-12-6-2-7-13-22)23-14-8-3-9-15-23;/h1-19H;/q+1;. The Morgan fingerprint density at radius 3 is 1.04 bits per heavy atom. The fourth-order valence-electron chi connectivity index (χ4n) is 3.51. The zero-order chi connectivity index (χ0) is 17.8. The van der Waals surface area contributed by atoms with E-state index in [1.807, 2.05) is 0 Å². The molecule has 4 rings (SSSR count). The van der Waals surface area contributed by atoms with Gasteiger partial charge in [-0.1, -0.05) is 54.6 Å². The SMILES string of the molecule is Ic1ccc([P+](c2ccccc2)(c2ccccc2)c2ccccc2)cc1.[Ru]. The summed E-state index contributed by atoms with van der Waals surface area (Å²) in [5, 5.41) is 5.55. The van der Waals surface area contributed by atoms with Crippen LogP contribution in [0.15, 0.2) is 115 Å². The fourth-order valence-corrected chi connectivity index (χ4v) is 8.12. The van der Waals surface area contributed by atoms with Crippen LogP contribution in [0.25, 0.3) is 0 Å². The molecule has 0 heterocycles. The molecule has 0 bridgehead atoms. The van der Waals surface area contributed by atoms with E-state index < -0.39 is 7.26 Å². The van der Waals surface area contributed by atoms with Crippen molar-refractivity contribution in [3.63, 3.8) is 0 Å². The van der Waals surface area contributed by atoms with Gasteiger partial charge >= 0.3 is 0 Å². The van der Waals surface area contributed by atoms with E-state index in [-0.39, 0.29) is 19.5 Å². The predicted molar refractivity (Wildman–Crippen MR) is 124 cm³/mol. The minimum absolute atomic E-state index is 0. The molecule has 0 fully saturated rings. The maximum absolute atomic E-state index is 2.38. The molecule has 0 N–H and O–H groups in total. The first-order chi connectivity index (χ1) is 12.8. The molecule has 4 aromatic carbocycles. The number of hydrogen-bond donors (Lipinski definition) is 0. The zero-order valence-corrected chi connectivity index (χ0v) is 19.4. The smallest absolute Gasteiger partial charge is 0.0620 e. The van der Waals surface area contributed by atoms with E-state index in [9.17, 15) is 0 Å². The van der Waals surface area contributed by atoms with Crippen molar-refractivity contribution in [3.8, 4) is 0 Å². The van der Waals surface area contributed by atoms with Crippen LogP contribution in [0, 0.1) is 3.57 Å². The van der Waals surface area contributed by atoms with E-state index in [2.05, 4.69) is 138 Å². The minimum Gasteiger partial charge on any atom is -0.0620 e. The van der Waals surface area contributed by atoms with Gasteiger partial charge in [0.25, 0.3) is 0 Å². The van der Waals surface area contributed by atoms with Crippen molar-refractivity contribution < 1.29 is 19.5 Å². The third-order valence-corrected chi connectivity index (χ3v) is 9.65. The quantitative estimate of drug-likeness (QED) is 0.187. The summed E-state index contributed by atoms with van der Waals surface area (Å²) in [6, 6.07) is 42.0. The Balaban J connectivity index is 0.00000210. The van der Waals surface area contributed by atoms with Gasteiger partial charge in [0, 0.05) is 23.0 Å². The molecule has 0 spiro atoms. The van der Waals surface area contributed by atoms with Gasteiger partial charge in [0.2, 0.25) is 0 Å². The van der Waals surface area contributed by atoms with E-state index in [0.717, 1.165) is 0 Å². The van der Waals surface area contributed by atoms with E-state index in [4.69, 9.17) is 0 Å². The van der Waals surface area contributed by atoms with Gasteiger partial charge in [-0.05, 0) is 83.3 Å². The van der Waals surface area contributed by atoms with Gasteiger partial charge in [0.1, 0.15) is 28.5 Å². The van der Waals surface area contributed by atoms with Crippen molar-refractivity contribution in [2.45, 2.75) is 0 Å². The second-order valence-corrected chi connectivity index (χ2v) is 10.8. The van der Waals surface area contributed by atoms with Gasteiger partial charge in [0.05, 0.1) is 0 Å². The Kier molecular flexibility index (Phi) is 6.98. The molecular weight excluding hydrogens is 547 g/mol. The molecule has 0 unspecified atom stereocenters. The molecular formula is C24H19IPRu+. The molecule has 0 aromatic heterocycles.